The van der Waals surface area contributed by atoms with Gasteiger partial charge in [0, 0.05) is 50.6 Å². The molecule has 1 fully saturated rings. The highest BCUT2D eigenvalue weighted by Gasteiger charge is 2.32. The predicted octanol–water partition coefficient (Wildman–Crippen LogP) is 3.02. The fourth-order valence-corrected chi connectivity index (χ4v) is 4.94. The Bertz CT molecular complexity index is 1160. The number of fused-ring (bicyclic) bond motifs is 1. The van der Waals surface area contributed by atoms with Gasteiger partial charge in [-0.25, -0.2) is 4.98 Å². The number of H-pyrrole nitrogens is 1. The van der Waals surface area contributed by atoms with Crippen LogP contribution in [-0.4, -0.2) is 43.7 Å². The lowest BCUT2D eigenvalue weighted by Crippen LogP contribution is -2.37. The fourth-order valence-electron chi connectivity index (χ4n) is 4.94. The van der Waals surface area contributed by atoms with Crippen LogP contribution >= 0.6 is 0 Å². The maximum atomic E-state index is 13.0. The van der Waals surface area contributed by atoms with Crippen molar-refractivity contribution in [2.75, 3.05) is 13.1 Å². The summed E-state index contributed by atoms with van der Waals surface area (Å²) in [5.41, 5.74) is 3.88. The van der Waals surface area contributed by atoms with Crippen LogP contribution in [0.15, 0.2) is 59.7 Å². The number of carbonyl (C=O) groups is 1. The maximum Gasteiger partial charge on any atom is 0.254 e. The summed E-state index contributed by atoms with van der Waals surface area (Å²) in [4.78, 5) is 42.2. The third kappa shape index (κ3) is 4.88. The summed E-state index contributed by atoms with van der Waals surface area (Å²) in [5, 5.41) is 0. The zero-order chi connectivity index (χ0) is 22.6. The molecule has 0 unspecified atom stereocenters. The van der Waals surface area contributed by atoms with Crippen LogP contribution in [0.5, 0.6) is 0 Å². The molecule has 170 valence electrons. The third-order valence-electron chi connectivity index (χ3n) is 6.66. The first-order valence-electron chi connectivity index (χ1n) is 11.7. The highest BCUT2D eigenvalue weighted by Crippen LogP contribution is 2.31. The molecule has 7 nitrogen and oxygen atoms in total. The van der Waals surface area contributed by atoms with E-state index in [2.05, 4.69) is 33.1 Å². The first-order valence-corrected chi connectivity index (χ1v) is 11.7. The summed E-state index contributed by atoms with van der Waals surface area (Å²) in [6, 6.07) is 13.9. The van der Waals surface area contributed by atoms with Crippen LogP contribution in [-0.2, 0) is 30.7 Å². The van der Waals surface area contributed by atoms with Gasteiger partial charge in [0.25, 0.3) is 5.56 Å². The van der Waals surface area contributed by atoms with Crippen molar-refractivity contribution in [2.45, 2.75) is 51.2 Å². The number of aromatic nitrogens is 3. The van der Waals surface area contributed by atoms with Gasteiger partial charge in [-0.15, -0.1) is 0 Å². The van der Waals surface area contributed by atoms with Gasteiger partial charge in [-0.1, -0.05) is 36.4 Å². The number of carbonyl (C=O) groups excluding carboxylic acids is 1. The lowest BCUT2D eigenvalue weighted by Gasteiger charge is -2.29. The lowest BCUT2D eigenvalue weighted by molar-refractivity contribution is -0.132. The molecular formula is C26H29N5O2. The Morgan fingerprint density at radius 2 is 1.94 bits per heavy atom. The summed E-state index contributed by atoms with van der Waals surface area (Å²) in [5.74, 6) is 0.757. The van der Waals surface area contributed by atoms with Gasteiger partial charge in [-0.05, 0) is 42.9 Å². The molecule has 4 heterocycles. The molecule has 1 aromatic carbocycles. The van der Waals surface area contributed by atoms with E-state index >= 15 is 0 Å². The monoisotopic (exact) mass is 443 g/mol. The van der Waals surface area contributed by atoms with Crippen LogP contribution in [0.25, 0.3) is 0 Å². The number of aromatic amines is 1. The highest BCUT2D eigenvalue weighted by molar-refractivity contribution is 5.77. The minimum absolute atomic E-state index is 0.0559. The van der Waals surface area contributed by atoms with E-state index in [-0.39, 0.29) is 17.5 Å². The van der Waals surface area contributed by atoms with E-state index in [0.29, 0.717) is 31.8 Å². The summed E-state index contributed by atoms with van der Waals surface area (Å²) < 4.78 is 0. The van der Waals surface area contributed by atoms with E-state index in [9.17, 15) is 9.59 Å². The lowest BCUT2D eigenvalue weighted by atomic mass is 10.0. The molecule has 0 saturated carbocycles. The van der Waals surface area contributed by atoms with Crippen molar-refractivity contribution in [1.29, 1.82) is 0 Å². The average molecular weight is 444 g/mol. The molecule has 0 aliphatic carbocycles. The Hall–Kier alpha value is -3.32. The molecule has 7 heteroatoms. The van der Waals surface area contributed by atoms with E-state index in [1.807, 2.05) is 35.4 Å². The van der Waals surface area contributed by atoms with Gasteiger partial charge >= 0.3 is 0 Å². The van der Waals surface area contributed by atoms with Crippen molar-refractivity contribution in [3.63, 3.8) is 0 Å². The summed E-state index contributed by atoms with van der Waals surface area (Å²) >= 11 is 0. The topological polar surface area (TPSA) is 82.2 Å². The summed E-state index contributed by atoms with van der Waals surface area (Å²) in [7, 11) is 0. The molecule has 5 rings (SSSR count). The predicted molar refractivity (Wildman–Crippen MR) is 125 cm³/mol. The molecule has 3 aromatic rings. The number of likely N-dealkylation sites (tertiary alicyclic amines) is 1. The highest BCUT2D eigenvalue weighted by atomic mass is 16.2. The van der Waals surface area contributed by atoms with Crippen molar-refractivity contribution in [3.05, 3.63) is 93.4 Å². The Labute approximate surface area is 193 Å². The number of nitrogens with one attached hydrogen (secondary N) is 1. The minimum Gasteiger partial charge on any atom is -0.333 e. The van der Waals surface area contributed by atoms with E-state index < -0.39 is 0 Å². The van der Waals surface area contributed by atoms with E-state index in [1.54, 1.807) is 6.20 Å². The Morgan fingerprint density at radius 3 is 2.76 bits per heavy atom. The molecule has 2 aliphatic heterocycles. The molecule has 1 N–H and O–H groups in total. The van der Waals surface area contributed by atoms with Crippen molar-refractivity contribution >= 4 is 5.91 Å². The smallest absolute Gasteiger partial charge is 0.254 e. The van der Waals surface area contributed by atoms with Crippen molar-refractivity contribution in [1.82, 2.24) is 24.8 Å². The van der Waals surface area contributed by atoms with Crippen LogP contribution in [0.2, 0.25) is 0 Å². The van der Waals surface area contributed by atoms with Crippen molar-refractivity contribution < 1.29 is 4.79 Å². The number of rotatable bonds is 6. The molecular weight excluding hydrogens is 414 g/mol. The van der Waals surface area contributed by atoms with Crippen LogP contribution in [0, 0.1) is 0 Å². The quantitative estimate of drug-likeness (QED) is 0.633. The Balaban J connectivity index is 1.31. The molecule has 1 atom stereocenters. The number of benzene rings is 1. The molecule has 0 bridgehead atoms. The molecule has 1 amide bonds. The van der Waals surface area contributed by atoms with E-state index in [4.69, 9.17) is 4.98 Å². The zero-order valence-corrected chi connectivity index (χ0v) is 18.7. The van der Waals surface area contributed by atoms with E-state index in [0.717, 1.165) is 54.7 Å². The second kappa shape index (κ2) is 9.67. The van der Waals surface area contributed by atoms with Crippen molar-refractivity contribution in [3.8, 4) is 0 Å². The maximum absolute atomic E-state index is 13.0. The van der Waals surface area contributed by atoms with Crippen LogP contribution < -0.4 is 5.56 Å². The zero-order valence-electron chi connectivity index (χ0n) is 18.7. The Kier molecular flexibility index (Phi) is 6.30. The van der Waals surface area contributed by atoms with Gasteiger partial charge in [-0.3, -0.25) is 19.5 Å². The van der Waals surface area contributed by atoms with Gasteiger partial charge < -0.3 is 9.88 Å². The minimum atomic E-state index is -0.153. The number of nitrogens with zero attached hydrogens (tertiary/aromatic N) is 4. The normalized spacial score (nSPS) is 18.3. The third-order valence-corrected chi connectivity index (χ3v) is 6.66. The van der Waals surface area contributed by atoms with Crippen LogP contribution in [0.1, 0.15) is 53.5 Å². The molecule has 0 spiro atoms. The van der Waals surface area contributed by atoms with E-state index in [1.165, 1.54) is 0 Å². The van der Waals surface area contributed by atoms with Gasteiger partial charge in [-0.2, -0.15) is 0 Å². The SMILES string of the molecule is O=C(CCc1ccccc1)N1CCC[C@H]1c1nc2c(c(=O)[nH]1)CCN(Cc1cccnc1)C2. The van der Waals surface area contributed by atoms with Gasteiger partial charge in [0.15, 0.2) is 0 Å². The van der Waals surface area contributed by atoms with Crippen LogP contribution in [0.4, 0.5) is 0 Å². The molecule has 0 radical (unpaired) electrons. The Morgan fingerprint density at radius 1 is 1.09 bits per heavy atom. The standard InChI is InChI=1S/C26H29N5O2/c32-24(11-10-19-6-2-1-3-7-19)31-14-5-9-23(31)25-28-22-18-30(15-12-21(22)26(33)29-25)17-20-8-4-13-27-16-20/h1-4,6-8,13,16,23H,5,9-12,14-15,17-18H2,(H,28,29,33)/t23-/m0/s1. The second-order valence-corrected chi connectivity index (χ2v) is 8.93. The van der Waals surface area contributed by atoms with Gasteiger partial charge in [0.2, 0.25) is 5.91 Å². The van der Waals surface area contributed by atoms with Crippen molar-refractivity contribution in [2.24, 2.45) is 0 Å². The number of hydrogen-bond acceptors (Lipinski definition) is 5. The first kappa shape index (κ1) is 21.5. The number of pyridine rings is 1. The number of hydrogen-bond donors (Lipinski definition) is 1. The number of amides is 1. The largest absolute Gasteiger partial charge is 0.333 e. The fraction of sp³-hybridized carbons (Fsp3) is 0.385. The summed E-state index contributed by atoms with van der Waals surface area (Å²) in [6.45, 7) is 2.95. The molecule has 33 heavy (non-hydrogen) atoms. The summed E-state index contributed by atoms with van der Waals surface area (Å²) in [6.07, 6.45) is 7.28. The van der Waals surface area contributed by atoms with Gasteiger partial charge in [0.1, 0.15) is 5.82 Å². The molecule has 2 aromatic heterocycles. The molecule has 2 aliphatic rings. The van der Waals surface area contributed by atoms with Gasteiger partial charge in [0.05, 0.1) is 11.7 Å². The number of aryl methyl sites for hydroxylation is 1. The molecule has 1 saturated heterocycles. The van der Waals surface area contributed by atoms with Crippen LogP contribution in [0.3, 0.4) is 0 Å². The second-order valence-electron chi connectivity index (χ2n) is 8.93. The first-order chi connectivity index (χ1) is 16.2. The average Bonchev–Trinajstić information content (AvgIpc) is 3.34.